The van der Waals surface area contributed by atoms with Gasteiger partial charge in [0.05, 0.1) is 0 Å². The number of carbonyl (C=O) groups excluding carboxylic acids is 1. The predicted octanol–water partition coefficient (Wildman–Crippen LogP) is 3.35. The summed E-state index contributed by atoms with van der Waals surface area (Å²) in [5.41, 5.74) is -0.241. The first kappa shape index (κ1) is 15.3. The van der Waals surface area contributed by atoms with E-state index in [0.717, 1.165) is 0 Å². The molecule has 0 spiro atoms. The lowest BCUT2D eigenvalue weighted by molar-refractivity contribution is -0.136. The van der Waals surface area contributed by atoms with E-state index in [0.29, 0.717) is 16.1 Å². The number of nitrogens with zero attached hydrogens (tertiary/aromatic N) is 1. The number of benzene rings is 1. The van der Waals surface area contributed by atoms with Gasteiger partial charge in [0.2, 0.25) is 0 Å². The maximum atomic E-state index is 12.0. The second kappa shape index (κ2) is 6.43. The number of carbonyl (C=O) groups is 1. The van der Waals surface area contributed by atoms with E-state index in [2.05, 4.69) is 15.9 Å². The number of hydrogen-bond donors (Lipinski definition) is 0. The summed E-state index contributed by atoms with van der Waals surface area (Å²) in [7, 11) is 1.77. The Balaban J connectivity index is 2.56. The Morgan fingerprint density at radius 1 is 1.50 bits per heavy atom. The second-order valence-corrected chi connectivity index (χ2v) is 5.64. The van der Waals surface area contributed by atoms with Crippen LogP contribution in [0.5, 0.6) is 5.75 Å². The zero-order valence-electron chi connectivity index (χ0n) is 10.7. The van der Waals surface area contributed by atoms with Crippen molar-refractivity contribution in [2.75, 3.05) is 19.0 Å². The summed E-state index contributed by atoms with van der Waals surface area (Å²) in [6, 6.07) is 7.00. The SMILES string of the molecule is CN(C(=O)COc1cccc(Cl)c1)C(C)(C)CBr. The van der Waals surface area contributed by atoms with E-state index in [4.69, 9.17) is 16.3 Å². The van der Waals surface area contributed by atoms with Gasteiger partial charge in [-0.15, -0.1) is 0 Å². The van der Waals surface area contributed by atoms with Crippen LogP contribution in [0.3, 0.4) is 0 Å². The van der Waals surface area contributed by atoms with Gasteiger partial charge in [-0.25, -0.2) is 0 Å². The molecular formula is C13H17BrClNO2. The van der Waals surface area contributed by atoms with Crippen LogP contribution in [-0.4, -0.2) is 35.3 Å². The van der Waals surface area contributed by atoms with Gasteiger partial charge in [-0.05, 0) is 32.0 Å². The van der Waals surface area contributed by atoms with E-state index < -0.39 is 0 Å². The van der Waals surface area contributed by atoms with Gasteiger partial charge < -0.3 is 9.64 Å². The first-order valence-electron chi connectivity index (χ1n) is 5.58. The van der Waals surface area contributed by atoms with Crippen molar-refractivity contribution in [3.8, 4) is 5.75 Å². The van der Waals surface area contributed by atoms with Crippen molar-refractivity contribution < 1.29 is 9.53 Å². The summed E-state index contributed by atoms with van der Waals surface area (Å²) in [5.74, 6) is 0.528. The summed E-state index contributed by atoms with van der Waals surface area (Å²) in [6.45, 7) is 3.98. The van der Waals surface area contributed by atoms with Gasteiger partial charge in [-0.3, -0.25) is 4.79 Å². The van der Waals surface area contributed by atoms with Crippen LogP contribution in [0, 0.1) is 0 Å². The highest BCUT2D eigenvalue weighted by molar-refractivity contribution is 9.09. The van der Waals surface area contributed by atoms with Crippen LogP contribution in [0.15, 0.2) is 24.3 Å². The van der Waals surface area contributed by atoms with E-state index in [1.54, 1.807) is 36.2 Å². The lowest BCUT2D eigenvalue weighted by atomic mass is 10.1. The van der Waals surface area contributed by atoms with Crippen molar-refractivity contribution in [1.29, 1.82) is 0 Å². The molecule has 1 rings (SSSR count). The molecule has 18 heavy (non-hydrogen) atoms. The lowest BCUT2D eigenvalue weighted by Gasteiger charge is -2.34. The Hall–Kier alpha value is -0.740. The van der Waals surface area contributed by atoms with Crippen molar-refractivity contribution >= 4 is 33.4 Å². The quantitative estimate of drug-likeness (QED) is 0.773. The molecule has 0 aliphatic heterocycles. The molecule has 0 radical (unpaired) electrons. The number of amides is 1. The molecule has 0 N–H and O–H groups in total. The molecule has 100 valence electrons. The standard InChI is InChI=1S/C13H17BrClNO2/c1-13(2,9-14)16(3)12(17)8-18-11-6-4-5-10(15)7-11/h4-7H,8-9H2,1-3H3. The van der Waals surface area contributed by atoms with E-state index in [1.807, 2.05) is 13.8 Å². The van der Waals surface area contributed by atoms with Crippen molar-refractivity contribution in [2.24, 2.45) is 0 Å². The lowest BCUT2D eigenvalue weighted by Crippen LogP contribution is -2.48. The third-order valence-corrected chi connectivity index (χ3v) is 4.37. The fraction of sp³-hybridized carbons (Fsp3) is 0.462. The minimum Gasteiger partial charge on any atom is -0.484 e. The molecule has 0 saturated carbocycles. The van der Waals surface area contributed by atoms with Crippen molar-refractivity contribution in [2.45, 2.75) is 19.4 Å². The maximum Gasteiger partial charge on any atom is 0.260 e. The molecule has 3 nitrogen and oxygen atoms in total. The van der Waals surface area contributed by atoms with E-state index in [1.165, 1.54) is 0 Å². The zero-order chi connectivity index (χ0) is 13.8. The molecule has 0 bridgehead atoms. The Kier molecular flexibility index (Phi) is 5.47. The van der Waals surface area contributed by atoms with Crippen LogP contribution < -0.4 is 4.74 Å². The molecule has 1 aromatic carbocycles. The molecule has 1 amide bonds. The molecule has 0 atom stereocenters. The Labute approximate surface area is 121 Å². The van der Waals surface area contributed by atoms with E-state index in [-0.39, 0.29) is 18.1 Å². The third-order valence-electron chi connectivity index (χ3n) is 2.77. The number of halogens is 2. The average Bonchev–Trinajstić information content (AvgIpc) is 2.35. The molecule has 0 aliphatic carbocycles. The van der Waals surface area contributed by atoms with Gasteiger partial charge in [-0.1, -0.05) is 33.6 Å². The second-order valence-electron chi connectivity index (χ2n) is 4.64. The van der Waals surface area contributed by atoms with Gasteiger partial charge in [0.1, 0.15) is 5.75 Å². The largest absolute Gasteiger partial charge is 0.484 e. The molecule has 5 heteroatoms. The minimum atomic E-state index is -0.241. The highest BCUT2D eigenvalue weighted by Crippen LogP contribution is 2.18. The molecule has 0 heterocycles. The van der Waals surface area contributed by atoms with Gasteiger partial charge in [0, 0.05) is 22.9 Å². The normalized spacial score (nSPS) is 11.2. The van der Waals surface area contributed by atoms with E-state index in [9.17, 15) is 4.79 Å². The number of rotatable bonds is 5. The van der Waals surface area contributed by atoms with Gasteiger partial charge in [0.25, 0.3) is 5.91 Å². The van der Waals surface area contributed by atoms with E-state index >= 15 is 0 Å². The first-order valence-corrected chi connectivity index (χ1v) is 7.08. The average molecular weight is 335 g/mol. The molecule has 0 saturated heterocycles. The number of hydrogen-bond acceptors (Lipinski definition) is 2. The third kappa shape index (κ3) is 4.18. The van der Waals surface area contributed by atoms with Gasteiger partial charge in [-0.2, -0.15) is 0 Å². The number of likely N-dealkylation sites (N-methyl/N-ethyl adjacent to an activating group) is 1. The Morgan fingerprint density at radius 2 is 2.17 bits per heavy atom. The highest BCUT2D eigenvalue weighted by atomic mass is 79.9. The molecule has 0 aliphatic rings. The summed E-state index contributed by atoms with van der Waals surface area (Å²) >= 11 is 9.23. The monoisotopic (exact) mass is 333 g/mol. The fourth-order valence-corrected chi connectivity index (χ4v) is 1.78. The summed E-state index contributed by atoms with van der Waals surface area (Å²) in [6.07, 6.45) is 0. The molecule has 1 aromatic rings. The van der Waals surface area contributed by atoms with Crippen LogP contribution in [0.25, 0.3) is 0 Å². The van der Waals surface area contributed by atoms with Crippen LogP contribution in [0.4, 0.5) is 0 Å². The Morgan fingerprint density at radius 3 is 2.72 bits per heavy atom. The topological polar surface area (TPSA) is 29.5 Å². The molecule has 0 fully saturated rings. The number of ether oxygens (including phenoxy) is 1. The Bertz CT molecular complexity index is 423. The zero-order valence-corrected chi connectivity index (χ0v) is 13.1. The predicted molar refractivity (Wildman–Crippen MR) is 77.6 cm³/mol. The minimum absolute atomic E-state index is 0.00721. The first-order chi connectivity index (χ1) is 8.36. The number of alkyl halides is 1. The van der Waals surface area contributed by atoms with Crippen molar-refractivity contribution in [1.82, 2.24) is 4.90 Å². The maximum absolute atomic E-state index is 12.0. The van der Waals surface area contributed by atoms with Crippen LogP contribution in [-0.2, 0) is 4.79 Å². The van der Waals surface area contributed by atoms with Crippen molar-refractivity contribution in [3.05, 3.63) is 29.3 Å². The van der Waals surface area contributed by atoms with Crippen LogP contribution in [0.1, 0.15) is 13.8 Å². The summed E-state index contributed by atoms with van der Waals surface area (Å²) in [4.78, 5) is 13.6. The van der Waals surface area contributed by atoms with Crippen LogP contribution >= 0.6 is 27.5 Å². The smallest absolute Gasteiger partial charge is 0.260 e. The highest BCUT2D eigenvalue weighted by Gasteiger charge is 2.26. The fourth-order valence-electron chi connectivity index (χ4n) is 1.23. The molecule has 0 unspecified atom stereocenters. The summed E-state index contributed by atoms with van der Waals surface area (Å²) in [5, 5.41) is 1.30. The summed E-state index contributed by atoms with van der Waals surface area (Å²) < 4.78 is 5.42. The molecule has 0 aromatic heterocycles. The molecular weight excluding hydrogens is 318 g/mol. The van der Waals surface area contributed by atoms with Gasteiger partial charge >= 0.3 is 0 Å². The van der Waals surface area contributed by atoms with Crippen molar-refractivity contribution in [3.63, 3.8) is 0 Å². The van der Waals surface area contributed by atoms with Gasteiger partial charge in [0.15, 0.2) is 6.61 Å². The van der Waals surface area contributed by atoms with Crippen LogP contribution in [0.2, 0.25) is 5.02 Å².